The Hall–Kier alpha value is -1.81. The van der Waals surface area contributed by atoms with Crippen molar-refractivity contribution in [2.24, 2.45) is 0 Å². The SMILES string of the molecule is CCCOc1ccccc1-c1n[nH]c(C)c1CNCC. The third-order valence-electron chi connectivity index (χ3n) is 3.23. The van der Waals surface area contributed by atoms with Crippen molar-refractivity contribution in [2.75, 3.05) is 13.2 Å². The van der Waals surface area contributed by atoms with Crippen molar-refractivity contribution in [3.05, 3.63) is 35.5 Å². The third-order valence-corrected chi connectivity index (χ3v) is 3.23. The minimum absolute atomic E-state index is 0.725. The Morgan fingerprint density at radius 2 is 2.05 bits per heavy atom. The van der Waals surface area contributed by atoms with Gasteiger partial charge in [-0.25, -0.2) is 0 Å². The van der Waals surface area contributed by atoms with Crippen LogP contribution >= 0.6 is 0 Å². The molecule has 108 valence electrons. The van der Waals surface area contributed by atoms with E-state index in [1.54, 1.807) is 0 Å². The number of aromatic nitrogens is 2. The number of nitrogens with zero attached hydrogens (tertiary/aromatic N) is 1. The van der Waals surface area contributed by atoms with Gasteiger partial charge in [0.05, 0.1) is 6.61 Å². The number of rotatable bonds is 7. The molecular weight excluding hydrogens is 250 g/mol. The van der Waals surface area contributed by atoms with Gasteiger partial charge >= 0.3 is 0 Å². The summed E-state index contributed by atoms with van der Waals surface area (Å²) in [5.74, 6) is 0.901. The van der Waals surface area contributed by atoms with E-state index in [1.165, 1.54) is 5.56 Å². The highest BCUT2D eigenvalue weighted by Gasteiger charge is 2.15. The monoisotopic (exact) mass is 273 g/mol. The number of benzene rings is 1. The zero-order valence-electron chi connectivity index (χ0n) is 12.5. The van der Waals surface area contributed by atoms with Gasteiger partial charge < -0.3 is 10.1 Å². The Morgan fingerprint density at radius 1 is 1.25 bits per heavy atom. The third kappa shape index (κ3) is 3.20. The number of nitrogens with one attached hydrogen (secondary N) is 2. The lowest BCUT2D eigenvalue weighted by Gasteiger charge is -2.11. The predicted octanol–water partition coefficient (Wildman–Crippen LogP) is 3.28. The quantitative estimate of drug-likeness (QED) is 0.814. The van der Waals surface area contributed by atoms with Crippen molar-refractivity contribution in [2.45, 2.75) is 33.7 Å². The van der Waals surface area contributed by atoms with Gasteiger partial charge in [0.15, 0.2) is 0 Å². The van der Waals surface area contributed by atoms with E-state index in [4.69, 9.17) is 4.74 Å². The molecule has 1 aromatic heterocycles. The van der Waals surface area contributed by atoms with Crippen molar-refractivity contribution < 1.29 is 4.74 Å². The summed E-state index contributed by atoms with van der Waals surface area (Å²) in [6.07, 6.45) is 0.998. The number of hydrogen-bond donors (Lipinski definition) is 2. The van der Waals surface area contributed by atoms with Gasteiger partial charge in [-0.3, -0.25) is 5.10 Å². The summed E-state index contributed by atoms with van der Waals surface area (Å²) in [5.41, 5.74) is 4.35. The van der Waals surface area contributed by atoms with E-state index in [1.807, 2.05) is 18.2 Å². The maximum absolute atomic E-state index is 5.84. The molecule has 0 saturated heterocycles. The zero-order chi connectivity index (χ0) is 14.4. The number of H-pyrrole nitrogens is 1. The van der Waals surface area contributed by atoms with Crippen LogP contribution in [0.3, 0.4) is 0 Å². The molecule has 1 aromatic carbocycles. The fraction of sp³-hybridized carbons (Fsp3) is 0.438. The minimum atomic E-state index is 0.725. The fourth-order valence-corrected chi connectivity index (χ4v) is 2.14. The second kappa shape index (κ2) is 7.10. The van der Waals surface area contributed by atoms with Crippen molar-refractivity contribution in [3.8, 4) is 17.0 Å². The predicted molar refractivity (Wildman–Crippen MR) is 81.9 cm³/mol. The van der Waals surface area contributed by atoms with E-state index in [9.17, 15) is 0 Å². The van der Waals surface area contributed by atoms with Gasteiger partial charge in [-0.05, 0) is 32.0 Å². The summed E-state index contributed by atoms with van der Waals surface area (Å²) in [6.45, 7) is 8.75. The molecule has 0 spiro atoms. The molecule has 2 aromatic rings. The molecule has 0 unspecified atom stereocenters. The molecule has 0 saturated carbocycles. The molecule has 4 heteroatoms. The summed E-state index contributed by atoms with van der Waals surface area (Å²) in [5, 5.41) is 10.9. The Morgan fingerprint density at radius 3 is 2.80 bits per heavy atom. The summed E-state index contributed by atoms with van der Waals surface area (Å²) in [7, 11) is 0. The molecule has 0 radical (unpaired) electrons. The number of para-hydroxylation sites is 1. The maximum atomic E-state index is 5.84. The number of hydrogen-bond acceptors (Lipinski definition) is 3. The van der Waals surface area contributed by atoms with Crippen molar-refractivity contribution in [1.82, 2.24) is 15.5 Å². The summed E-state index contributed by atoms with van der Waals surface area (Å²) < 4.78 is 5.84. The molecule has 1 heterocycles. The standard InChI is InChI=1S/C16H23N3O/c1-4-10-20-15-9-7-6-8-13(15)16-14(11-17-5-2)12(3)18-19-16/h6-9,17H,4-5,10-11H2,1-3H3,(H,18,19). The van der Waals surface area contributed by atoms with Crippen molar-refractivity contribution in [1.29, 1.82) is 0 Å². The zero-order valence-corrected chi connectivity index (χ0v) is 12.5. The van der Waals surface area contributed by atoms with Crippen molar-refractivity contribution in [3.63, 3.8) is 0 Å². The number of aromatic amines is 1. The maximum Gasteiger partial charge on any atom is 0.128 e. The lowest BCUT2D eigenvalue weighted by Crippen LogP contribution is -2.12. The highest BCUT2D eigenvalue weighted by molar-refractivity contribution is 5.70. The van der Waals surface area contributed by atoms with E-state index in [0.29, 0.717) is 0 Å². The van der Waals surface area contributed by atoms with Gasteiger partial charge in [0.1, 0.15) is 11.4 Å². The molecule has 0 fully saturated rings. The second-order valence-electron chi connectivity index (χ2n) is 4.80. The molecule has 4 nitrogen and oxygen atoms in total. The summed E-state index contributed by atoms with van der Waals surface area (Å²) in [6, 6.07) is 8.09. The first-order valence-electron chi connectivity index (χ1n) is 7.24. The van der Waals surface area contributed by atoms with Crippen LogP contribution in [0.5, 0.6) is 5.75 Å². The molecule has 0 aliphatic carbocycles. The molecule has 0 amide bonds. The Kier molecular flexibility index (Phi) is 5.18. The van der Waals surface area contributed by atoms with Crippen LogP contribution in [0, 0.1) is 6.92 Å². The van der Waals surface area contributed by atoms with Crippen LogP contribution in [0.15, 0.2) is 24.3 Å². The van der Waals surface area contributed by atoms with Gasteiger partial charge in [-0.1, -0.05) is 26.0 Å². The van der Waals surface area contributed by atoms with Crippen LogP contribution in [-0.2, 0) is 6.54 Å². The Balaban J connectivity index is 2.35. The highest BCUT2D eigenvalue weighted by atomic mass is 16.5. The molecule has 20 heavy (non-hydrogen) atoms. The summed E-state index contributed by atoms with van der Waals surface area (Å²) in [4.78, 5) is 0. The molecule has 0 bridgehead atoms. The van der Waals surface area contributed by atoms with Gasteiger partial charge in [0.2, 0.25) is 0 Å². The Bertz CT molecular complexity index is 548. The molecule has 0 aliphatic heterocycles. The van der Waals surface area contributed by atoms with Gasteiger partial charge in [0, 0.05) is 23.4 Å². The molecule has 2 rings (SSSR count). The minimum Gasteiger partial charge on any atom is -0.493 e. The topological polar surface area (TPSA) is 49.9 Å². The van der Waals surface area contributed by atoms with Crippen LogP contribution in [0.4, 0.5) is 0 Å². The van der Waals surface area contributed by atoms with Gasteiger partial charge in [0.25, 0.3) is 0 Å². The molecule has 0 aliphatic rings. The number of ether oxygens (including phenoxy) is 1. The van der Waals surface area contributed by atoms with Gasteiger partial charge in [-0.15, -0.1) is 0 Å². The van der Waals surface area contributed by atoms with E-state index >= 15 is 0 Å². The fourth-order valence-electron chi connectivity index (χ4n) is 2.14. The molecule has 2 N–H and O–H groups in total. The molecule has 0 atom stereocenters. The van der Waals surface area contributed by atoms with Crippen molar-refractivity contribution >= 4 is 0 Å². The van der Waals surface area contributed by atoms with E-state index in [-0.39, 0.29) is 0 Å². The van der Waals surface area contributed by atoms with E-state index < -0.39 is 0 Å². The Labute approximate surface area is 120 Å². The lowest BCUT2D eigenvalue weighted by molar-refractivity contribution is 0.318. The number of aryl methyl sites for hydroxylation is 1. The summed E-state index contributed by atoms with van der Waals surface area (Å²) >= 11 is 0. The van der Waals surface area contributed by atoms with Crippen LogP contribution in [0.2, 0.25) is 0 Å². The average molecular weight is 273 g/mol. The first-order chi connectivity index (χ1) is 9.77. The normalized spacial score (nSPS) is 10.8. The lowest BCUT2D eigenvalue weighted by atomic mass is 10.0. The smallest absolute Gasteiger partial charge is 0.128 e. The molecular formula is C16H23N3O. The van der Waals surface area contributed by atoms with Crippen LogP contribution in [0.1, 0.15) is 31.5 Å². The average Bonchev–Trinajstić information content (AvgIpc) is 2.84. The van der Waals surface area contributed by atoms with Crippen LogP contribution < -0.4 is 10.1 Å². The second-order valence-corrected chi connectivity index (χ2v) is 4.80. The van der Waals surface area contributed by atoms with Crippen LogP contribution in [-0.4, -0.2) is 23.3 Å². The first-order valence-corrected chi connectivity index (χ1v) is 7.24. The largest absolute Gasteiger partial charge is 0.493 e. The highest BCUT2D eigenvalue weighted by Crippen LogP contribution is 2.32. The van der Waals surface area contributed by atoms with E-state index in [0.717, 1.165) is 48.8 Å². The van der Waals surface area contributed by atoms with Gasteiger partial charge in [-0.2, -0.15) is 5.10 Å². The van der Waals surface area contributed by atoms with Crippen LogP contribution in [0.25, 0.3) is 11.3 Å². The first kappa shape index (κ1) is 14.6. The van der Waals surface area contributed by atoms with E-state index in [2.05, 4.69) is 42.4 Å².